The number of anilines is 1. The maximum Gasteiger partial charge on any atom is 0.242 e. The first-order valence-corrected chi connectivity index (χ1v) is 14.0. The lowest BCUT2D eigenvalue weighted by atomic mass is 10.1. The molecule has 0 fully saturated rings. The van der Waals surface area contributed by atoms with E-state index in [1.807, 2.05) is 64.1 Å². The molecule has 2 rings (SSSR count). The van der Waals surface area contributed by atoms with Crippen molar-refractivity contribution in [2.45, 2.75) is 66.1 Å². The minimum Gasteiger partial charge on any atom is -0.497 e. The molecule has 1 atom stereocenters. The van der Waals surface area contributed by atoms with Gasteiger partial charge in [0.1, 0.15) is 11.8 Å². The lowest BCUT2D eigenvalue weighted by molar-refractivity contribution is -0.140. The second kappa shape index (κ2) is 12.8. The number of methoxy groups -OCH3 is 1. The van der Waals surface area contributed by atoms with E-state index in [-0.39, 0.29) is 37.4 Å². The normalized spacial score (nSPS) is 12.2. The predicted molar refractivity (Wildman–Crippen MR) is 144 cm³/mol. The van der Waals surface area contributed by atoms with Crippen molar-refractivity contribution in [2.75, 3.05) is 24.2 Å². The Morgan fingerprint density at radius 1 is 1.06 bits per heavy atom. The number of carbonyl (C=O) groups excluding carboxylic acids is 2. The van der Waals surface area contributed by atoms with Crippen LogP contribution in [0.1, 0.15) is 50.3 Å². The largest absolute Gasteiger partial charge is 0.497 e. The number of aryl methyl sites for hydroxylation is 1. The number of amides is 2. The zero-order chi connectivity index (χ0) is 27.0. The van der Waals surface area contributed by atoms with Gasteiger partial charge in [0.25, 0.3) is 0 Å². The Morgan fingerprint density at radius 3 is 2.33 bits per heavy atom. The van der Waals surface area contributed by atoms with Crippen LogP contribution in [-0.4, -0.2) is 57.1 Å². The molecule has 0 unspecified atom stereocenters. The van der Waals surface area contributed by atoms with Crippen LogP contribution in [0.25, 0.3) is 0 Å². The summed E-state index contributed by atoms with van der Waals surface area (Å²) >= 11 is 0. The molecular formula is C27H39N3O5S. The van der Waals surface area contributed by atoms with Crippen LogP contribution in [-0.2, 0) is 26.2 Å². The molecule has 9 heteroatoms. The first-order chi connectivity index (χ1) is 16.8. The maximum atomic E-state index is 13.4. The predicted octanol–water partition coefficient (Wildman–Crippen LogP) is 3.80. The molecule has 0 aliphatic heterocycles. The van der Waals surface area contributed by atoms with Gasteiger partial charge < -0.3 is 15.0 Å². The van der Waals surface area contributed by atoms with Gasteiger partial charge in [0.15, 0.2) is 0 Å². The average molecular weight is 518 g/mol. The molecule has 8 nitrogen and oxygen atoms in total. The molecule has 2 amide bonds. The van der Waals surface area contributed by atoms with E-state index in [0.717, 1.165) is 16.7 Å². The third-order valence-electron chi connectivity index (χ3n) is 6.08. The van der Waals surface area contributed by atoms with E-state index >= 15 is 0 Å². The number of benzene rings is 2. The molecule has 0 radical (unpaired) electrons. The lowest BCUT2D eigenvalue weighted by Gasteiger charge is -2.30. The van der Waals surface area contributed by atoms with Gasteiger partial charge in [-0.25, -0.2) is 8.42 Å². The highest BCUT2D eigenvalue weighted by atomic mass is 32.2. The monoisotopic (exact) mass is 517 g/mol. The number of hydrogen-bond donors (Lipinski definition) is 1. The van der Waals surface area contributed by atoms with Gasteiger partial charge in [-0.05, 0) is 75.9 Å². The molecule has 2 aromatic rings. The van der Waals surface area contributed by atoms with E-state index in [4.69, 9.17) is 4.74 Å². The molecule has 0 saturated heterocycles. The van der Waals surface area contributed by atoms with Crippen LogP contribution in [0, 0.1) is 13.8 Å². The Hall–Kier alpha value is -3.07. The third-order valence-corrected chi connectivity index (χ3v) is 7.26. The van der Waals surface area contributed by atoms with Crippen LogP contribution in [0.4, 0.5) is 5.69 Å². The van der Waals surface area contributed by atoms with E-state index in [2.05, 4.69) is 5.32 Å². The summed E-state index contributed by atoms with van der Waals surface area (Å²) in [5.74, 6) is 0.199. The van der Waals surface area contributed by atoms with Crippen molar-refractivity contribution >= 4 is 27.5 Å². The van der Waals surface area contributed by atoms with E-state index in [1.54, 1.807) is 20.1 Å². The van der Waals surface area contributed by atoms with Gasteiger partial charge in [0, 0.05) is 25.6 Å². The van der Waals surface area contributed by atoms with Gasteiger partial charge in [0.05, 0.1) is 19.1 Å². The Labute approximate surface area is 215 Å². The van der Waals surface area contributed by atoms with Gasteiger partial charge in [0.2, 0.25) is 21.8 Å². The summed E-state index contributed by atoms with van der Waals surface area (Å²) in [6.07, 6.45) is 1.58. The topological polar surface area (TPSA) is 96.0 Å². The summed E-state index contributed by atoms with van der Waals surface area (Å²) < 4.78 is 31.8. The Bertz CT molecular complexity index is 1160. The Morgan fingerprint density at radius 2 is 1.72 bits per heavy atom. The second-order valence-electron chi connectivity index (χ2n) is 9.37. The number of nitrogens with zero attached hydrogens (tertiary/aromatic N) is 2. The van der Waals surface area contributed by atoms with Crippen LogP contribution >= 0.6 is 0 Å². The number of hydrogen-bond acceptors (Lipinski definition) is 5. The van der Waals surface area contributed by atoms with Crippen molar-refractivity contribution in [1.29, 1.82) is 0 Å². The summed E-state index contributed by atoms with van der Waals surface area (Å²) in [6, 6.07) is 12.1. The molecule has 2 aromatic carbocycles. The van der Waals surface area contributed by atoms with E-state index in [0.29, 0.717) is 17.9 Å². The zero-order valence-electron chi connectivity index (χ0n) is 22.4. The van der Waals surface area contributed by atoms with Gasteiger partial charge in [-0.15, -0.1) is 0 Å². The fourth-order valence-corrected chi connectivity index (χ4v) is 4.96. The van der Waals surface area contributed by atoms with Gasteiger partial charge >= 0.3 is 0 Å². The SMILES string of the molecule is COc1cccc(CN(C(=O)CCCN(c2cccc(C)c2C)S(C)(=O)=O)[C@H](C)C(=O)NC(C)C)c1. The number of nitrogens with one attached hydrogen (secondary N) is 1. The van der Waals surface area contributed by atoms with E-state index in [9.17, 15) is 18.0 Å². The van der Waals surface area contributed by atoms with Crippen molar-refractivity contribution in [2.24, 2.45) is 0 Å². The van der Waals surface area contributed by atoms with E-state index < -0.39 is 16.1 Å². The van der Waals surface area contributed by atoms with Crippen LogP contribution in [0.5, 0.6) is 5.75 Å². The molecule has 36 heavy (non-hydrogen) atoms. The standard InChI is InChI=1S/C27H39N3O5S/c1-19(2)28-27(32)22(5)29(18-23-12-9-13-24(17-23)35-6)26(31)15-10-16-30(36(7,33)34)25-14-8-11-20(3)21(25)4/h8-9,11-14,17,19,22H,10,15-16,18H2,1-7H3,(H,28,32)/t22-/m1/s1. The summed E-state index contributed by atoms with van der Waals surface area (Å²) in [5, 5.41) is 2.87. The summed E-state index contributed by atoms with van der Waals surface area (Å²) in [6.45, 7) is 9.65. The van der Waals surface area contributed by atoms with Crippen molar-refractivity contribution in [3.05, 3.63) is 59.2 Å². The number of carbonyl (C=O) groups is 2. The van der Waals surface area contributed by atoms with E-state index in [1.165, 1.54) is 15.5 Å². The summed E-state index contributed by atoms with van der Waals surface area (Å²) in [4.78, 5) is 27.7. The number of sulfonamides is 1. The van der Waals surface area contributed by atoms with Crippen LogP contribution < -0.4 is 14.4 Å². The highest BCUT2D eigenvalue weighted by Gasteiger charge is 2.27. The molecule has 0 spiro atoms. The molecule has 0 bridgehead atoms. The van der Waals surface area contributed by atoms with Gasteiger partial charge in [-0.2, -0.15) is 0 Å². The average Bonchev–Trinajstić information content (AvgIpc) is 2.80. The van der Waals surface area contributed by atoms with Crippen molar-refractivity contribution in [1.82, 2.24) is 10.2 Å². The Balaban J connectivity index is 2.22. The molecule has 0 saturated carbocycles. The smallest absolute Gasteiger partial charge is 0.242 e. The van der Waals surface area contributed by atoms with Crippen LogP contribution in [0.3, 0.4) is 0 Å². The number of ether oxygens (including phenoxy) is 1. The third kappa shape index (κ3) is 7.98. The highest BCUT2D eigenvalue weighted by Crippen LogP contribution is 2.25. The first-order valence-electron chi connectivity index (χ1n) is 12.1. The van der Waals surface area contributed by atoms with Crippen LogP contribution in [0.15, 0.2) is 42.5 Å². The lowest BCUT2D eigenvalue weighted by Crippen LogP contribution is -2.49. The molecule has 0 aliphatic rings. The van der Waals surface area contributed by atoms with Crippen molar-refractivity contribution in [3.8, 4) is 5.75 Å². The van der Waals surface area contributed by atoms with Gasteiger partial charge in [-0.3, -0.25) is 13.9 Å². The fraction of sp³-hybridized carbons (Fsp3) is 0.481. The molecule has 0 aromatic heterocycles. The summed E-state index contributed by atoms with van der Waals surface area (Å²) in [5.41, 5.74) is 3.32. The first kappa shape index (κ1) is 29.2. The minimum atomic E-state index is -3.54. The number of rotatable bonds is 12. The second-order valence-corrected chi connectivity index (χ2v) is 11.3. The van der Waals surface area contributed by atoms with Crippen LogP contribution in [0.2, 0.25) is 0 Å². The quantitative estimate of drug-likeness (QED) is 0.462. The molecular weight excluding hydrogens is 478 g/mol. The highest BCUT2D eigenvalue weighted by molar-refractivity contribution is 7.92. The molecule has 0 heterocycles. The molecule has 198 valence electrons. The Kier molecular flexibility index (Phi) is 10.3. The maximum absolute atomic E-state index is 13.4. The van der Waals surface area contributed by atoms with Gasteiger partial charge in [-0.1, -0.05) is 24.3 Å². The zero-order valence-corrected chi connectivity index (χ0v) is 23.2. The summed E-state index contributed by atoms with van der Waals surface area (Å²) in [7, 11) is -1.97. The fourth-order valence-electron chi connectivity index (χ4n) is 3.94. The molecule has 0 aliphatic carbocycles. The van der Waals surface area contributed by atoms with Crippen molar-refractivity contribution in [3.63, 3.8) is 0 Å². The molecule has 1 N–H and O–H groups in total. The minimum absolute atomic E-state index is 0.0605. The van der Waals surface area contributed by atoms with Crippen molar-refractivity contribution < 1.29 is 22.7 Å².